The van der Waals surface area contributed by atoms with Crippen LogP contribution >= 0.6 is 0 Å². The van der Waals surface area contributed by atoms with E-state index in [9.17, 15) is 4.79 Å². The van der Waals surface area contributed by atoms with Crippen molar-refractivity contribution in [2.45, 2.75) is 38.8 Å². The normalized spacial score (nSPS) is 25.3. The van der Waals surface area contributed by atoms with E-state index in [-0.39, 0.29) is 11.9 Å². The first-order valence-electron chi connectivity index (χ1n) is 8.83. The molecule has 5 nitrogen and oxygen atoms in total. The third-order valence-electron chi connectivity index (χ3n) is 5.18. The van der Waals surface area contributed by atoms with Crippen LogP contribution in [0.25, 0.3) is 0 Å². The van der Waals surface area contributed by atoms with E-state index in [0.29, 0.717) is 6.04 Å². The molecule has 2 unspecified atom stereocenters. The molecule has 0 saturated carbocycles. The van der Waals surface area contributed by atoms with E-state index in [2.05, 4.69) is 29.0 Å². The SMILES string of the molecule is CC1CCN(C(=O)C(c2ccccn2)N2CCNCC2C)CC1. The van der Waals surface area contributed by atoms with Gasteiger partial charge in [0.25, 0.3) is 0 Å². The van der Waals surface area contributed by atoms with E-state index < -0.39 is 0 Å². The van der Waals surface area contributed by atoms with E-state index in [4.69, 9.17) is 0 Å². The van der Waals surface area contributed by atoms with E-state index in [1.807, 2.05) is 23.1 Å². The van der Waals surface area contributed by atoms with Crippen molar-refractivity contribution in [2.24, 2.45) is 5.92 Å². The summed E-state index contributed by atoms with van der Waals surface area (Å²) in [6.07, 6.45) is 4.01. The van der Waals surface area contributed by atoms with E-state index in [1.54, 1.807) is 6.20 Å². The summed E-state index contributed by atoms with van der Waals surface area (Å²) in [4.78, 5) is 22.2. The third kappa shape index (κ3) is 3.72. The Labute approximate surface area is 139 Å². The van der Waals surface area contributed by atoms with Gasteiger partial charge in [0.1, 0.15) is 6.04 Å². The van der Waals surface area contributed by atoms with Gasteiger partial charge in [0.05, 0.1) is 5.69 Å². The summed E-state index contributed by atoms with van der Waals surface area (Å²) in [6.45, 7) is 8.96. The zero-order chi connectivity index (χ0) is 16.2. The van der Waals surface area contributed by atoms with Gasteiger partial charge in [0.2, 0.25) is 5.91 Å². The van der Waals surface area contributed by atoms with Crippen molar-refractivity contribution in [3.63, 3.8) is 0 Å². The maximum atomic E-state index is 13.3. The number of nitrogens with one attached hydrogen (secondary N) is 1. The molecule has 0 spiro atoms. The minimum atomic E-state index is -0.248. The van der Waals surface area contributed by atoms with Crippen molar-refractivity contribution in [1.29, 1.82) is 0 Å². The van der Waals surface area contributed by atoms with Gasteiger partial charge >= 0.3 is 0 Å². The lowest BCUT2D eigenvalue weighted by Gasteiger charge is -2.41. The molecule has 1 aromatic heterocycles. The number of pyridine rings is 1. The molecule has 0 aliphatic carbocycles. The number of hydrogen-bond donors (Lipinski definition) is 1. The van der Waals surface area contributed by atoms with Crippen molar-refractivity contribution in [1.82, 2.24) is 20.1 Å². The van der Waals surface area contributed by atoms with Gasteiger partial charge in [-0.25, -0.2) is 0 Å². The fraction of sp³-hybridized carbons (Fsp3) is 0.667. The van der Waals surface area contributed by atoms with Gasteiger partial charge in [-0.3, -0.25) is 14.7 Å². The van der Waals surface area contributed by atoms with Gasteiger partial charge in [-0.1, -0.05) is 13.0 Å². The van der Waals surface area contributed by atoms with Crippen LogP contribution in [0.5, 0.6) is 0 Å². The zero-order valence-electron chi connectivity index (χ0n) is 14.2. The molecule has 3 heterocycles. The molecule has 0 bridgehead atoms. The summed E-state index contributed by atoms with van der Waals surface area (Å²) < 4.78 is 0. The molecule has 126 valence electrons. The lowest BCUT2D eigenvalue weighted by molar-refractivity contribution is -0.140. The molecule has 0 radical (unpaired) electrons. The predicted octanol–water partition coefficient (Wildman–Crippen LogP) is 1.67. The predicted molar refractivity (Wildman–Crippen MR) is 91.0 cm³/mol. The van der Waals surface area contributed by atoms with Crippen LogP contribution in [0, 0.1) is 5.92 Å². The number of piperidine rings is 1. The number of hydrogen-bond acceptors (Lipinski definition) is 4. The zero-order valence-corrected chi connectivity index (χ0v) is 14.2. The average Bonchev–Trinajstić information content (AvgIpc) is 2.58. The number of rotatable bonds is 3. The van der Waals surface area contributed by atoms with Crippen LogP contribution in [-0.2, 0) is 4.79 Å². The second kappa shape index (κ2) is 7.41. The monoisotopic (exact) mass is 316 g/mol. The van der Waals surface area contributed by atoms with Gasteiger partial charge in [0, 0.05) is 45.0 Å². The summed E-state index contributed by atoms with van der Waals surface area (Å²) in [7, 11) is 0. The lowest BCUT2D eigenvalue weighted by atomic mass is 9.97. The highest BCUT2D eigenvalue weighted by Crippen LogP contribution is 2.27. The maximum Gasteiger partial charge on any atom is 0.246 e. The van der Waals surface area contributed by atoms with Crippen LogP contribution in [0.1, 0.15) is 38.4 Å². The molecule has 0 aromatic carbocycles. The quantitative estimate of drug-likeness (QED) is 0.922. The van der Waals surface area contributed by atoms with Crippen molar-refractivity contribution in [3.8, 4) is 0 Å². The summed E-state index contributed by atoms with van der Waals surface area (Å²) in [6, 6.07) is 5.97. The summed E-state index contributed by atoms with van der Waals surface area (Å²) in [5, 5.41) is 3.41. The third-order valence-corrected chi connectivity index (χ3v) is 5.18. The van der Waals surface area contributed by atoms with E-state index >= 15 is 0 Å². The molecule has 5 heteroatoms. The lowest BCUT2D eigenvalue weighted by Crippen LogP contribution is -2.55. The van der Waals surface area contributed by atoms with E-state index in [0.717, 1.165) is 57.2 Å². The Balaban J connectivity index is 1.84. The smallest absolute Gasteiger partial charge is 0.246 e. The largest absolute Gasteiger partial charge is 0.341 e. The summed E-state index contributed by atoms with van der Waals surface area (Å²) in [5.74, 6) is 0.954. The summed E-state index contributed by atoms with van der Waals surface area (Å²) in [5.41, 5.74) is 0.880. The summed E-state index contributed by atoms with van der Waals surface area (Å²) >= 11 is 0. The number of carbonyl (C=O) groups excluding carboxylic acids is 1. The highest BCUT2D eigenvalue weighted by molar-refractivity contribution is 5.83. The highest BCUT2D eigenvalue weighted by atomic mass is 16.2. The first-order chi connectivity index (χ1) is 11.2. The molecule has 2 aliphatic rings. The van der Waals surface area contributed by atoms with Crippen molar-refractivity contribution >= 4 is 5.91 Å². The molecule has 1 N–H and O–H groups in total. The van der Waals surface area contributed by atoms with Crippen molar-refractivity contribution < 1.29 is 4.79 Å². The number of likely N-dealkylation sites (tertiary alicyclic amines) is 1. The van der Waals surface area contributed by atoms with Crippen molar-refractivity contribution in [2.75, 3.05) is 32.7 Å². The Morgan fingerprint density at radius 3 is 2.70 bits per heavy atom. The topological polar surface area (TPSA) is 48.5 Å². The fourth-order valence-corrected chi connectivity index (χ4v) is 3.62. The van der Waals surface area contributed by atoms with Crippen LogP contribution in [0.15, 0.2) is 24.4 Å². The number of piperazine rings is 1. The highest BCUT2D eigenvalue weighted by Gasteiger charge is 2.36. The molecular formula is C18H28N4O. The Hall–Kier alpha value is -1.46. The first-order valence-corrected chi connectivity index (χ1v) is 8.83. The molecule has 23 heavy (non-hydrogen) atoms. The number of carbonyl (C=O) groups is 1. The molecule has 2 fully saturated rings. The van der Waals surface area contributed by atoms with Crippen LogP contribution in [-0.4, -0.2) is 59.5 Å². The second-order valence-electron chi connectivity index (χ2n) is 6.96. The Morgan fingerprint density at radius 1 is 1.26 bits per heavy atom. The Bertz CT molecular complexity index is 513. The van der Waals surface area contributed by atoms with Gasteiger partial charge in [0.15, 0.2) is 0 Å². The molecule has 1 aromatic rings. The van der Waals surface area contributed by atoms with Gasteiger partial charge in [-0.15, -0.1) is 0 Å². The van der Waals surface area contributed by atoms with E-state index in [1.165, 1.54) is 0 Å². The number of nitrogens with zero attached hydrogens (tertiary/aromatic N) is 3. The molecule has 1 amide bonds. The van der Waals surface area contributed by atoms with Gasteiger partial charge in [-0.05, 0) is 37.8 Å². The standard InChI is InChI=1S/C18H28N4O/c1-14-6-10-21(11-7-14)18(23)17(16-5-3-4-8-20-16)22-12-9-19-13-15(22)2/h3-5,8,14-15,17,19H,6-7,9-13H2,1-2H3. The molecule has 2 aliphatic heterocycles. The Morgan fingerprint density at radius 2 is 2.04 bits per heavy atom. The van der Waals surface area contributed by atoms with Crippen LogP contribution < -0.4 is 5.32 Å². The van der Waals surface area contributed by atoms with Gasteiger partial charge < -0.3 is 10.2 Å². The fourth-order valence-electron chi connectivity index (χ4n) is 3.62. The minimum absolute atomic E-state index is 0.226. The number of amides is 1. The van der Waals surface area contributed by atoms with Crippen LogP contribution in [0.4, 0.5) is 0 Å². The first kappa shape index (κ1) is 16.4. The van der Waals surface area contributed by atoms with Gasteiger partial charge in [-0.2, -0.15) is 0 Å². The second-order valence-corrected chi connectivity index (χ2v) is 6.96. The molecular weight excluding hydrogens is 288 g/mol. The number of aromatic nitrogens is 1. The molecule has 3 rings (SSSR count). The van der Waals surface area contributed by atoms with Crippen molar-refractivity contribution in [3.05, 3.63) is 30.1 Å². The average molecular weight is 316 g/mol. The molecule has 2 atom stereocenters. The van der Waals surface area contributed by atoms with Crippen LogP contribution in [0.2, 0.25) is 0 Å². The Kier molecular flexibility index (Phi) is 5.28. The molecule has 2 saturated heterocycles. The maximum absolute atomic E-state index is 13.3. The van der Waals surface area contributed by atoms with Crippen LogP contribution in [0.3, 0.4) is 0 Å². The minimum Gasteiger partial charge on any atom is -0.341 e.